The maximum absolute atomic E-state index is 12.8. The molecule has 130 valence electrons. The highest BCUT2D eigenvalue weighted by Crippen LogP contribution is 2.27. The first-order valence-corrected chi connectivity index (χ1v) is 9.11. The largest absolute Gasteiger partial charge is 0.298 e. The molecule has 26 heavy (non-hydrogen) atoms. The number of anilines is 1. The summed E-state index contributed by atoms with van der Waals surface area (Å²) in [6.45, 7) is 4.07. The molecule has 0 saturated carbocycles. The Morgan fingerprint density at radius 1 is 1.15 bits per heavy atom. The van der Waals surface area contributed by atoms with Gasteiger partial charge in [0.15, 0.2) is 10.9 Å². The Balaban J connectivity index is 1.68. The van der Waals surface area contributed by atoms with Gasteiger partial charge >= 0.3 is 0 Å². The fraction of sp³-hybridized carbons (Fsp3) is 0.158. The number of hydrogen-bond donors (Lipinski definition) is 1. The zero-order valence-electron chi connectivity index (χ0n) is 14.4. The topological polar surface area (TPSA) is 72.7 Å². The molecule has 0 bridgehead atoms. The van der Waals surface area contributed by atoms with E-state index in [1.165, 1.54) is 11.3 Å². The van der Waals surface area contributed by atoms with Crippen molar-refractivity contribution in [3.8, 4) is 5.82 Å². The van der Waals surface area contributed by atoms with Crippen molar-refractivity contribution in [1.82, 2.24) is 19.7 Å². The van der Waals surface area contributed by atoms with E-state index in [4.69, 9.17) is 0 Å². The van der Waals surface area contributed by atoms with E-state index >= 15 is 0 Å². The number of benzene rings is 1. The van der Waals surface area contributed by atoms with Crippen molar-refractivity contribution >= 4 is 32.6 Å². The van der Waals surface area contributed by atoms with Crippen molar-refractivity contribution in [1.29, 1.82) is 0 Å². The van der Waals surface area contributed by atoms with Crippen molar-refractivity contribution in [3.63, 3.8) is 0 Å². The minimum atomic E-state index is -0.213. The van der Waals surface area contributed by atoms with Crippen LogP contribution in [0.1, 0.15) is 35.8 Å². The van der Waals surface area contributed by atoms with Gasteiger partial charge in [0.2, 0.25) is 0 Å². The van der Waals surface area contributed by atoms with Crippen LogP contribution in [0, 0.1) is 0 Å². The number of hydrogen-bond acceptors (Lipinski definition) is 5. The molecular formula is C19H17N5OS. The number of aromatic nitrogens is 4. The summed E-state index contributed by atoms with van der Waals surface area (Å²) in [5.41, 5.74) is 2.23. The Morgan fingerprint density at radius 3 is 2.69 bits per heavy atom. The first-order chi connectivity index (χ1) is 12.6. The van der Waals surface area contributed by atoms with E-state index in [2.05, 4.69) is 20.4 Å². The van der Waals surface area contributed by atoms with E-state index in [1.54, 1.807) is 17.1 Å². The average molecular weight is 363 g/mol. The van der Waals surface area contributed by atoms with Crippen LogP contribution < -0.4 is 5.32 Å². The van der Waals surface area contributed by atoms with E-state index in [0.717, 1.165) is 15.9 Å². The van der Waals surface area contributed by atoms with Gasteiger partial charge < -0.3 is 0 Å². The van der Waals surface area contributed by atoms with Crippen LogP contribution in [0.4, 0.5) is 5.13 Å². The summed E-state index contributed by atoms with van der Waals surface area (Å²) < 4.78 is 2.76. The fourth-order valence-electron chi connectivity index (χ4n) is 2.84. The number of amides is 1. The summed E-state index contributed by atoms with van der Waals surface area (Å²) in [7, 11) is 0. The summed E-state index contributed by atoms with van der Waals surface area (Å²) in [5.74, 6) is 0.584. The van der Waals surface area contributed by atoms with Crippen LogP contribution in [-0.4, -0.2) is 25.7 Å². The standard InChI is InChI=1S/C19H17N5OS/c1-12(2)17-13(11-21-24(17)16-9-5-6-10-20-16)18(25)23-19-22-14-7-3-4-8-15(14)26-19/h3-12H,1-2H3,(H,22,23,25). The third-order valence-corrected chi connectivity index (χ3v) is 4.93. The van der Waals surface area contributed by atoms with Gasteiger partial charge in [0.05, 0.1) is 27.7 Å². The number of carbonyl (C=O) groups excluding carboxylic acids is 1. The van der Waals surface area contributed by atoms with Crippen molar-refractivity contribution in [2.45, 2.75) is 19.8 Å². The highest BCUT2D eigenvalue weighted by atomic mass is 32.1. The lowest BCUT2D eigenvalue weighted by atomic mass is 10.1. The van der Waals surface area contributed by atoms with E-state index in [9.17, 15) is 4.79 Å². The smallest absolute Gasteiger partial charge is 0.260 e. The molecule has 0 saturated heterocycles. The summed E-state index contributed by atoms with van der Waals surface area (Å²) in [4.78, 5) is 21.6. The van der Waals surface area contributed by atoms with Gasteiger partial charge in [-0.1, -0.05) is 43.4 Å². The maximum Gasteiger partial charge on any atom is 0.260 e. The number of nitrogens with zero attached hydrogens (tertiary/aromatic N) is 4. The van der Waals surface area contributed by atoms with E-state index in [-0.39, 0.29) is 11.8 Å². The number of carbonyl (C=O) groups is 1. The monoisotopic (exact) mass is 363 g/mol. The Morgan fingerprint density at radius 2 is 1.96 bits per heavy atom. The van der Waals surface area contributed by atoms with Crippen LogP contribution in [0.2, 0.25) is 0 Å². The molecular weight excluding hydrogens is 346 g/mol. The Hall–Kier alpha value is -3.06. The number of pyridine rings is 1. The van der Waals surface area contributed by atoms with Crippen molar-refractivity contribution in [2.75, 3.05) is 5.32 Å². The second kappa shape index (κ2) is 6.68. The van der Waals surface area contributed by atoms with Crippen LogP contribution in [-0.2, 0) is 0 Å². The van der Waals surface area contributed by atoms with Gasteiger partial charge in [-0.2, -0.15) is 5.10 Å². The molecule has 0 aliphatic rings. The van der Waals surface area contributed by atoms with Crippen LogP contribution in [0.5, 0.6) is 0 Å². The van der Waals surface area contributed by atoms with E-state index in [1.807, 2.05) is 56.3 Å². The zero-order valence-corrected chi connectivity index (χ0v) is 15.2. The fourth-order valence-corrected chi connectivity index (χ4v) is 3.70. The third-order valence-electron chi connectivity index (χ3n) is 3.98. The molecule has 4 rings (SSSR count). The molecule has 4 aromatic rings. The van der Waals surface area contributed by atoms with Gasteiger partial charge in [-0.15, -0.1) is 0 Å². The quantitative estimate of drug-likeness (QED) is 0.588. The minimum absolute atomic E-state index is 0.107. The SMILES string of the molecule is CC(C)c1c(C(=O)Nc2nc3ccccc3s2)cnn1-c1ccccn1. The molecule has 1 amide bonds. The molecule has 0 radical (unpaired) electrons. The number of thiazole rings is 1. The minimum Gasteiger partial charge on any atom is -0.298 e. The van der Waals surface area contributed by atoms with E-state index in [0.29, 0.717) is 16.5 Å². The second-order valence-corrected chi connectivity index (χ2v) is 7.17. The molecule has 0 aliphatic heterocycles. The predicted molar refractivity (Wildman–Crippen MR) is 103 cm³/mol. The molecule has 3 heterocycles. The Bertz CT molecular complexity index is 1030. The van der Waals surface area contributed by atoms with Gasteiger partial charge in [-0.3, -0.25) is 10.1 Å². The van der Waals surface area contributed by atoms with Crippen LogP contribution in [0.15, 0.2) is 54.9 Å². The summed E-state index contributed by atoms with van der Waals surface area (Å²) in [6.07, 6.45) is 3.30. The van der Waals surface area contributed by atoms with E-state index < -0.39 is 0 Å². The molecule has 0 spiro atoms. The molecule has 0 fully saturated rings. The number of fused-ring (bicyclic) bond motifs is 1. The molecule has 0 atom stereocenters. The van der Waals surface area contributed by atoms with Gasteiger partial charge in [0.1, 0.15) is 0 Å². The number of rotatable bonds is 4. The Labute approximate surface area is 154 Å². The molecule has 0 aliphatic carbocycles. The third kappa shape index (κ3) is 2.97. The van der Waals surface area contributed by atoms with Crippen LogP contribution in [0.25, 0.3) is 16.0 Å². The van der Waals surface area contributed by atoms with Gasteiger partial charge in [0, 0.05) is 6.20 Å². The molecule has 0 unspecified atom stereocenters. The van der Waals surface area contributed by atoms with Crippen LogP contribution in [0.3, 0.4) is 0 Å². The lowest BCUT2D eigenvalue weighted by Crippen LogP contribution is -2.15. The number of para-hydroxylation sites is 1. The zero-order chi connectivity index (χ0) is 18.1. The average Bonchev–Trinajstić information content (AvgIpc) is 3.26. The summed E-state index contributed by atoms with van der Waals surface area (Å²) in [5, 5.41) is 7.87. The Kier molecular flexibility index (Phi) is 4.22. The van der Waals surface area contributed by atoms with Crippen molar-refractivity contribution in [3.05, 3.63) is 66.1 Å². The number of nitrogens with one attached hydrogen (secondary N) is 1. The second-order valence-electron chi connectivity index (χ2n) is 6.14. The van der Waals surface area contributed by atoms with Crippen molar-refractivity contribution in [2.24, 2.45) is 0 Å². The highest BCUT2D eigenvalue weighted by molar-refractivity contribution is 7.22. The lowest BCUT2D eigenvalue weighted by Gasteiger charge is -2.11. The highest BCUT2D eigenvalue weighted by Gasteiger charge is 2.22. The summed E-state index contributed by atoms with van der Waals surface area (Å²) in [6, 6.07) is 13.4. The van der Waals surface area contributed by atoms with Gasteiger partial charge in [0.25, 0.3) is 5.91 Å². The molecule has 1 aromatic carbocycles. The first-order valence-electron chi connectivity index (χ1n) is 8.29. The van der Waals surface area contributed by atoms with Crippen LogP contribution >= 0.6 is 11.3 Å². The first kappa shape index (κ1) is 16.4. The molecule has 7 heteroatoms. The lowest BCUT2D eigenvalue weighted by molar-refractivity contribution is 0.102. The summed E-state index contributed by atoms with van der Waals surface area (Å²) >= 11 is 1.46. The predicted octanol–water partition coefficient (Wildman–Crippen LogP) is 4.25. The normalized spacial score (nSPS) is 11.2. The van der Waals surface area contributed by atoms with Crippen molar-refractivity contribution < 1.29 is 4.79 Å². The molecule has 6 nitrogen and oxygen atoms in total. The maximum atomic E-state index is 12.8. The van der Waals surface area contributed by atoms with Gasteiger partial charge in [-0.25, -0.2) is 14.6 Å². The molecule has 1 N–H and O–H groups in total. The molecule has 3 aromatic heterocycles. The van der Waals surface area contributed by atoms with Gasteiger partial charge in [-0.05, 0) is 30.2 Å².